The number of rotatable bonds is 8. The van der Waals surface area contributed by atoms with Crippen molar-refractivity contribution in [1.29, 1.82) is 0 Å². The highest BCUT2D eigenvalue weighted by Gasteiger charge is 2.50. The van der Waals surface area contributed by atoms with Gasteiger partial charge in [-0.3, -0.25) is 9.59 Å². The average molecular weight is 456 g/mol. The summed E-state index contributed by atoms with van der Waals surface area (Å²) in [7, 11) is 0. The molecule has 0 bridgehead atoms. The zero-order valence-electron chi connectivity index (χ0n) is 16.5. The van der Waals surface area contributed by atoms with Gasteiger partial charge in [-0.1, -0.05) is 35.3 Å². The van der Waals surface area contributed by atoms with Crippen LogP contribution in [0.5, 0.6) is 11.5 Å². The number of benzene rings is 2. The van der Waals surface area contributed by atoms with E-state index in [0.29, 0.717) is 46.5 Å². The average Bonchev–Trinajstić information content (AvgIpc) is 3.57. The molecule has 1 aromatic heterocycles. The van der Waals surface area contributed by atoms with Crippen LogP contribution in [0.15, 0.2) is 61.2 Å². The fourth-order valence-corrected chi connectivity index (χ4v) is 3.53. The number of aromatic nitrogens is 2. The van der Waals surface area contributed by atoms with Gasteiger partial charge in [-0.2, -0.15) is 0 Å². The molecule has 2 aromatic carbocycles. The molecule has 1 aliphatic carbocycles. The maximum atomic E-state index is 12.7. The molecule has 1 fully saturated rings. The molecule has 1 N–H and O–H groups in total. The first kappa shape index (κ1) is 21.3. The Labute approximate surface area is 189 Å². The van der Waals surface area contributed by atoms with Gasteiger partial charge in [-0.15, -0.1) is 0 Å². The van der Waals surface area contributed by atoms with Crippen molar-refractivity contribution in [2.24, 2.45) is 5.41 Å². The maximum absolute atomic E-state index is 12.7. The van der Waals surface area contributed by atoms with Crippen LogP contribution in [0.3, 0.4) is 0 Å². The summed E-state index contributed by atoms with van der Waals surface area (Å²) < 4.78 is 5.77. The SMILES string of the molecule is O=C(CC1(C(=O)NCc2ccc(Oc3cc(Cl)ccc3Cl)cc2)CC1)c1cncnc1. The third-order valence-electron chi connectivity index (χ3n) is 5.21. The van der Waals surface area contributed by atoms with E-state index >= 15 is 0 Å². The number of carbonyl (C=O) groups is 2. The largest absolute Gasteiger partial charge is 0.456 e. The highest BCUT2D eigenvalue weighted by Crippen LogP contribution is 2.49. The predicted molar refractivity (Wildman–Crippen MR) is 117 cm³/mol. The molecule has 0 unspecified atom stereocenters. The fraction of sp³-hybridized carbons (Fsp3) is 0.217. The normalized spacial score (nSPS) is 14.0. The zero-order chi connectivity index (χ0) is 21.8. The smallest absolute Gasteiger partial charge is 0.226 e. The van der Waals surface area contributed by atoms with Crippen molar-refractivity contribution in [3.8, 4) is 11.5 Å². The first-order valence-electron chi connectivity index (χ1n) is 9.74. The molecule has 3 aromatic rings. The second kappa shape index (κ2) is 9.04. The van der Waals surface area contributed by atoms with Crippen molar-refractivity contribution in [3.63, 3.8) is 0 Å². The Morgan fingerprint density at radius 2 is 1.74 bits per heavy atom. The van der Waals surface area contributed by atoms with Gasteiger partial charge in [0.05, 0.1) is 16.0 Å². The van der Waals surface area contributed by atoms with Gasteiger partial charge in [0, 0.05) is 36.4 Å². The van der Waals surface area contributed by atoms with Crippen molar-refractivity contribution in [3.05, 3.63) is 82.4 Å². The lowest BCUT2D eigenvalue weighted by Gasteiger charge is -2.15. The van der Waals surface area contributed by atoms with Crippen molar-refractivity contribution >= 4 is 34.9 Å². The number of hydrogen-bond donors (Lipinski definition) is 1. The number of ether oxygens (including phenoxy) is 1. The third-order valence-corrected chi connectivity index (χ3v) is 5.76. The molecular formula is C23H19Cl2N3O3. The number of ketones is 1. The zero-order valence-corrected chi connectivity index (χ0v) is 18.0. The van der Waals surface area contributed by atoms with Gasteiger partial charge < -0.3 is 10.1 Å². The molecule has 8 heteroatoms. The van der Waals surface area contributed by atoms with Crippen LogP contribution in [-0.2, 0) is 11.3 Å². The van der Waals surface area contributed by atoms with Gasteiger partial charge >= 0.3 is 0 Å². The van der Waals surface area contributed by atoms with E-state index in [9.17, 15) is 9.59 Å². The number of nitrogens with one attached hydrogen (secondary N) is 1. The topological polar surface area (TPSA) is 81.2 Å². The molecular weight excluding hydrogens is 437 g/mol. The van der Waals surface area contributed by atoms with E-state index < -0.39 is 5.41 Å². The van der Waals surface area contributed by atoms with Crippen LogP contribution < -0.4 is 10.1 Å². The van der Waals surface area contributed by atoms with E-state index in [-0.39, 0.29) is 18.1 Å². The summed E-state index contributed by atoms with van der Waals surface area (Å²) in [5.41, 5.74) is 0.715. The molecule has 6 nitrogen and oxygen atoms in total. The fourth-order valence-electron chi connectivity index (χ4n) is 3.22. The lowest BCUT2D eigenvalue weighted by Crippen LogP contribution is -2.33. The Bertz CT molecular complexity index is 1100. The minimum Gasteiger partial charge on any atom is -0.456 e. The molecule has 0 radical (unpaired) electrons. The third kappa shape index (κ3) is 5.21. The van der Waals surface area contributed by atoms with Crippen LogP contribution in [0.1, 0.15) is 35.2 Å². The second-order valence-electron chi connectivity index (χ2n) is 7.51. The van der Waals surface area contributed by atoms with Gasteiger partial charge in [0.1, 0.15) is 17.8 Å². The number of carbonyl (C=O) groups excluding carboxylic acids is 2. The van der Waals surface area contributed by atoms with Crippen LogP contribution >= 0.6 is 23.2 Å². The van der Waals surface area contributed by atoms with E-state index in [4.69, 9.17) is 27.9 Å². The summed E-state index contributed by atoms with van der Waals surface area (Å²) in [4.78, 5) is 32.8. The Hall–Kier alpha value is -2.96. The van der Waals surface area contributed by atoms with Gasteiger partial charge in [-0.05, 0) is 42.7 Å². The van der Waals surface area contributed by atoms with E-state index in [0.717, 1.165) is 5.56 Å². The molecule has 4 rings (SSSR count). The molecule has 158 valence electrons. The summed E-state index contributed by atoms with van der Waals surface area (Å²) in [6.45, 7) is 0.363. The molecule has 1 amide bonds. The quantitative estimate of drug-likeness (QED) is 0.469. The molecule has 0 atom stereocenters. The standard InChI is InChI=1S/C23H19Cl2N3O3/c24-17-3-6-19(25)21(9-17)31-18-4-1-15(2-5-18)11-28-22(30)23(7-8-23)10-20(29)16-12-26-14-27-13-16/h1-6,9,12-14H,7-8,10-11H2,(H,28,30). The highest BCUT2D eigenvalue weighted by molar-refractivity contribution is 6.34. The van der Waals surface area contributed by atoms with Crippen LogP contribution in [-0.4, -0.2) is 21.7 Å². The van der Waals surface area contributed by atoms with Crippen LogP contribution in [0.4, 0.5) is 0 Å². The summed E-state index contributed by atoms with van der Waals surface area (Å²) in [6.07, 6.45) is 5.89. The van der Waals surface area contributed by atoms with Gasteiger partial charge in [0.15, 0.2) is 5.78 Å². The van der Waals surface area contributed by atoms with Crippen LogP contribution in [0, 0.1) is 5.41 Å². The molecule has 0 saturated heterocycles. The molecule has 0 spiro atoms. The molecule has 1 saturated carbocycles. The molecule has 1 aliphatic rings. The van der Waals surface area contributed by atoms with Crippen molar-refractivity contribution in [1.82, 2.24) is 15.3 Å². The van der Waals surface area contributed by atoms with E-state index in [1.54, 1.807) is 30.3 Å². The number of hydrogen-bond acceptors (Lipinski definition) is 5. The number of amides is 1. The van der Waals surface area contributed by atoms with Gasteiger partial charge in [0.25, 0.3) is 0 Å². The first-order chi connectivity index (χ1) is 14.9. The van der Waals surface area contributed by atoms with Crippen LogP contribution in [0.25, 0.3) is 0 Å². The van der Waals surface area contributed by atoms with E-state index in [2.05, 4.69) is 15.3 Å². The number of halogens is 2. The predicted octanol–water partition coefficient (Wildman–Crippen LogP) is 5.25. The monoisotopic (exact) mass is 455 g/mol. The Morgan fingerprint density at radius 1 is 1.03 bits per heavy atom. The van der Waals surface area contributed by atoms with Crippen molar-refractivity contribution < 1.29 is 14.3 Å². The first-order valence-corrected chi connectivity index (χ1v) is 10.5. The lowest BCUT2D eigenvalue weighted by atomic mass is 9.95. The summed E-state index contributed by atoms with van der Waals surface area (Å²) in [5, 5.41) is 3.94. The summed E-state index contributed by atoms with van der Waals surface area (Å²) in [6, 6.07) is 12.3. The Morgan fingerprint density at radius 3 is 2.42 bits per heavy atom. The van der Waals surface area contributed by atoms with Gasteiger partial charge in [-0.25, -0.2) is 9.97 Å². The minimum absolute atomic E-state index is 0.108. The minimum atomic E-state index is -0.626. The van der Waals surface area contributed by atoms with Gasteiger partial charge in [0.2, 0.25) is 5.91 Å². The van der Waals surface area contributed by atoms with E-state index in [1.165, 1.54) is 18.7 Å². The number of Topliss-reactive ketones (excluding diaryl/α,β-unsaturated/α-hetero) is 1. The second-order valence-corrected chi connectivity index (χ2v) is 8.35. The highest BCUT2D eigenvalue weighted by atomic mass is 35.5. The Balaban J connectivity index is 1.32. The molecule has 31 heavy (non-hydrogen) atoms. The molecule has 1 heterocycles. The maximum Gasteiger partial charge on any atom is 0.226 e. The number of nitrogens with zero attached hydrogens (tertiary/aromatic N) is 2. The van der Waals surface area contributed by atoms with Crippen molar-refractivity contribution in [2.75, 3.05) is 0 Å². The summed E-state index contributed by atoms with van der Waals surface area (Å²) in [5.74, 6) is 0.853. The molecule has 0 aliphatic heterocycles. The van der Waals surface area contributed by atoms with E-state index in [1.807, 2.05) is 12.1 Å². The Kier molecular flexibility index (Phi) is 6.20. The van der Waals surface area contributed by atoms with Crippen LogP contribution in [0.2, 0.25) is 10.0 Å². The lowest BCUT2D eigenvalue weighted by molar-refractivity contribution is -0.126. The summed E-state index contributed by atoms with van der Waals surface area (Å²) >= 11 is 12.1. The van der Waals surface area contributed by atoms with Crippen molar-refractivity contribution in [2.45, 2.75) is 25.8 Å².